The maximum Gasteiger partial charge on any atom is 0.0948 e. The molecule has 1 aliphatic rings. The van der Waals surface area contributed by atoms with Crippen molar-refractivity contribution in [3.8, 4) is 0 Å². The van der Waals surface area contributed by atoms with Gasteiger partial charge < -0.3 is 10.0 Å². The van der Waals surface area contributed by atoms with Crippen LogP contribution >= 0.6 is 12.4 Å². The number of rotatable bonds is 6. The molecule has 136 valence electrons. The predicted molar refractivity (Wildman–Crippen MR) is 107 cm³/mol. The Morgan fingerprint density at radius 2 is 1.36 bits per heavy atom. The molecule has 3 rings (SSSR count). The monoisotopic (exact) mass is 359 g/mol. The van der Waals surface area contributed by atoms with Crippen molar-refractivity contribution in [3.63, 3.8) is 0 Å². The van der Waals surface area contributed by atoms with Crippen LogP contribution in [0.5, 0.6) is 0 Å². The van der Waals surface area contributed by atoms with Gasteiger partial charge in [0, 0.05) is 13.0 Å². The summed E-state index contributed by atoms with van der Waals surface area (Å²) in [5, 5.41) is 11.5. The van der Waals surface area contributed by atoms with E-state index in [4.69, 9.17) is 0 Å². The molecule has 0 amide bonds. The minimum atomic E-state index is -0.797. The third kappa shape index (κ3) is 5.85. The van der Waals surface area contributed by atoms with E-state index >= 15 is 0 Å². The number of hydrogen-bond donors (Lipinski definition) is 1. The number of halogens is 1. The second-order valence-corrected chi connectivity index (χ2v) is 7.07. The fourth-order valence-electron chi connectivity index (χ4n) is 3.72. The summed E-state index contributed by atoms with van der Waals surface area (Å²) >= 11 is 0. The third-order valence-electron chi connectivity index (χ3n) is 5.19. The third-order valence-corrected chi connectivity index (χ3v) is 5.19. The van der Waals surface area contributed by atoms with Crippen LogP contribution in [0.15, 0.2) is 60.7 Å². The van der Waals surface area contributed by atoms with Gasteiger partial charge in [-0.2, -0.15) is 0 Å². The number of nitrogens with zero attached hydrogens (tertiary/aromatic N) is 1. The lowest BCUT2D eigenvalue weighted by Crippen LogP contribution is -2.35. The van der Waals surface area contributed by atoms with Crippen molar-refractivity contribution in [2.24, 2.45) is 0 Å². The van der Waals surface area contributed by atoms with Crippen molar-refractivity contribution >= 4 is 12.4 Å². The van der Waals surface area contributed by atoms with E-state index in [1.807, 2.05) is 24.3 Å². The highest BCUT2D eigenvalue weighted by Crippen LogP contribution is 2.30. The zero-order chi connectivity index (χ0) is 16.7. The lowest BCUT2D eigenvalue weighted by atomic mass is 9.84. The van der Waals surface area contributed by atoms with Gasteiger partial charge in [-0.1, -0.05) is 73.5 Å². The molecule has 2 aromatic carbocycles. The van der Waals surface area contributed by atoms with Gasteiger partial charge in [0.25, 0.3) is 0 Å². The summed E-state index contributed by atoms with van der Waals surface area (Å²) in [7, 11) is 0. The molecule has 25 heavy (non-hydrogen) atoms. The van der Waals surface area contributed by atoms with E-state index in [2.05, 4.69) is 41.3 Å². The normalized spacial score (nSPS) is 18.0. The molecule has 1 aliphatic heterocycles. The highest BCUT2D eigenvalue weighted by molar-refractivity contribution is 5.85. The van der Waals surface area contributed by atoms with Gasteiger partial charge in [-0.05, 0) is 43.5 Å². The Morgan fingerprint density at radius 3 is 1.96 bits per heavy atom. The molecule has 1 atom stereocenters. The molecule has 1 fully saturated rings. The Morgan fingerprint density at radius 1 is 0.800 bits per heavy atom. The van der Waals surface area contributed by atoms with Crippen molar-refractivity contribution in [1.29, 1.82) is 0 Å². The van der Waals surface area contributed by atoms with Gasteiger partial charge in [0.15, 0.2) is 0 Å². The van der Waals surface area contributed by atoms with Crippen LogP contribution in [-0.4, -0.2) is 29.6 Å². The number of aliphatic hydroxyl groups is 1. The summed E-state index contributed by atoms with van der Waals surface area (Å²) in [5.74, 6) is 0. The van der Waals surface area contributed by atoms with Crippen LogP contribution < -0.4 is 0 Å². The second kappa shape index (κ2) is 9.96. The number of likely N-dealkylation sites (tertiary alicyclic amines) is 1. The molecule has 0 radical (unpaired) electrons. The predicted octanol–water partition coefficient (Wildman–Crippen LogP) is 4.80. The first kappa shape index (κ1) is 20.0. The Balaban J connectivity index is 0.00000225. The van der Waals surface area contributed by atoms with Gasteiger partial charge in [-0.25, -0.2) is 0 Å². The van der Waals surface area contributed by atoms with Crippen molar-refractivity contribution in [2.45, 2.75) is 44.1 Å². The van der Waals surface area contributed by atoms with Crippen LogP contribution in [0.3, 0.4) is 0 Å². The molecule has 1 saturated heterocycles. The molecule has 0 bridgehead atoms. The molecular weight excluding hydrogens is 330 g/mol. The Labute approximate surface area is 158 Å². The molecule has 0 aliphatic carbocycles. The van der Waals surface area contributed by atoms with Crippen LogP contribution in [0.25, 0.3) is 0 Å². The van der Waals surface area contributed by atoms with Crippen molar-refractivity contribution in [3.05, 3.63) is 71.8 Å². The van der Waals surface area contributed by atoms with Crippen LogP contribution in [0.2, 0.25) is 0 Å². The Bertz CT molecular complexity index is 596. The Kier molecular flexibility index (Phi) is 7.95. The van der Waals surface area contributed by atoms with Gasteiger partial charge in [-0.3, -0.25) is 0 Å². The molecule has 0 aromatic heterocycles. The van der Waals surface area contributed by atoms with Gasteiger partial charge in [0.05, 0.1) is 5.60 Å². The average molecular weight is 360 g/mol. The van der Waals surface area contributed by atoms with E-state index in [1.54, 1.807) is 0 Å². The summed E-state index contributed by atoms with van der Waals surface area (Å²) in [6, 6.07) is 20.5. The first-order valence-electron chi connectivity index (χ1n) is 9.30. The topological polar surface area (TPSA) is 23.5 Å². The van der Waals surface area contributed by atoms with Gasteiger partial charge in [0.2, 0.25) is 0 Å². The largest absolute Gasteiger partial charge is 0.385 e. The lowest BCUT2D eigenvalue weighted by molar-refractivity contribution is 0.0175. The highest BCUT2D eigenvalue weighted by atomic mass is 35.5. The van der Waals surface area contributed by atoms with E-state index < -0.39 is 5.60 Å². The van der Waals surface area contributed by atoms with Crippen LogP contribution in [0.4, 0.5) is 0 Å². The van der Waals surface area contributed by atoms with Crippen molar-refractivity contribution in [2.75, 3.05) is 19.6 Å². The Hall–Kier alpha value is -1.35. The molecule has 0 saturated carbocycles. The van der Waals surface area contributed by atoms with E-state index in [0.29, 0.717) is 6.42 Å². The minimum absolute atomic E-state index is 0. The van der Waals surface area contributed by atoms with E-state index in [1.165, 1.54) is 44.3 Å². The molecule has 1 heterocycles. The first-order valence-corrected chi connectivity index (χ1v) is 9.30. The molecule has 1 unspecified atom stereocenters. The zero-order valence-corrected chi connectivity index (χ0v) is 15.8. The van der Waals surface area contributed by atoms with Gasteiger partial charge in [0.1, 0.15) is 0 Å². The zero-order valence-electron chi connectivity index (χ0n) is 14.9. The van der Waals surface area contributed by atoms with E-state index in [-0.39, 0.29) is 12.4 Å². The molecule has 3 heteroatoms. The molecule has 2 nitrogen and oxygen atoms in total. The molecular formula is C22H30ClNO. The molecule has 0 spiro atoms. The van der Waals surface area contributed by atoms with Crippen LogP contribution in [0.1, 0.15) is 43.2 Å². The van der Waals surface area contributed by atoms with Crippen LogP contribution in [-0.2, 0) is 12.0 Å². The van der Waals surface area contributed by atoms with Gasteiger partial charge >= 0.3 is 0 Å². The fourth-order valence-corrected chi connectivity index (χ4v) is 3.72. The standard InChI is InChI=1S/C22H29NO.ClH/c24-22(21-13-7-4-8-14-21,19-20-11-5-3-6-12-20)15-18-23-16-9-1-2-10-17-23;/h3-8,11-14,24H,1-2,9-10,15-19H2;1H. The molecule has 2 aromatic rings. The van der Waals surface area contributed by atoms with Crippen LogP contribution in [0, 0.1) is 0 Å². The van der Waals surface area contributed by atoms with Crippen molar-refractivity contribution in [1.82, 2.24) is 4.90 Å². The van der Waals surface area contributed by atoms with Crippen molar-refractivity contribution < 1.29 is 5.11 Å². The summed E-state index contributed by atoms with van der Waals surface area (Å²) in [5.41, 5.74) is 1.43. The summed E-state index contributed by atoms with van der Waals surface area (Å²) in [4.78, 5) is 2.53. The number of hydrogen-bond acceptors (Lipinski definition) is 2. The van der Waals surface area contributed by atoms with E-state index in [9.17, 15) is 5.11 Å². The maximum atomic E-state index is 11.5. The first-order chi connectivity index (χ1) is 11.8. The van der Waals surface area contributed by atoms with E-state index in [0.717, 1.165) is 18.5 Å². The minimum Gasteiger partial charge on any atom is -0.385 e. The van der Waals surface area contributed by atoms with Gasteiger partial charge in [-0.15, -0.1) is 12.4 Å². The summed E-state index contributed by atoms with van der Waals surface area (Å²) < 4.78 is 0. The highest BCUT2D eigenvalue weighted by Gasteiger charge is 2.30. The molecule has 1 N–H and O–H groups in total. The quantitative estimate of drug-likeness (QED) is 0.800. The second-order valence-electron chi connectivity index (χ2n) is 7.07. The summed E-state index contributed by atoms with van der Waals surface area (Å²) in [6.07, 6.45) is 6.75. The number of benzene rings is 2. The summed E-state index contributed by atoms with van der Waals surface area (Å²) in [6.45, 7) is 3.32. The lowest BCUT2D eigenvalue weighted by Gasteiger charge is -2.32. The smallest absolute Gasteiger partial charge is 0.0948 e. The SMILES string of the molecule is Cl.OC(CCN1CCCCCC1)(Cc1ccccc1)c1ccccc1. The maximum absolute atomic E-state index is 11.5. The fraction of sp³-hybridized carbons (Fsp3) is 0.455. The average Bonchev–Trinajstić information content (AvgIpc) is 2.91.